The van der Waals surface area contributed by atoms with E-state index in [1.54, 1.807) is 35.9 Å². The molecule has 1 aliphatic rings. The molecule has 0 spiro atoms. The lowest BCUT2D eigenvalue weighted by Gasteiger charge is -2.36. The Morgan fingerprint density at radius 2 is 1.57 bits per heavy atom. The fraction of sp³-hybridized carbons (Fsp3) is 0.207. The average Bonchev–Trinajstić information content (AvgIpc) is 3.38. The summed E-state index contributed by atoms with van der Waals surface area (Å²) in [5, 5.41) is 4.92. The van der Waals surface area contributed by atoms with Gasteiger partial charge < -0.3 is 14.5 Å². The Morgan fingerprint density at radius 3 is 2.20 bits per heavy atom. The van der Waals surface area contributed by atoms with Gasteiger partial charge in [-0.2, -0.15) is 5.10 Å². The number of hydrogen-bond donors (Lipinski definition) is 0. The minimum atomic E-state index is -1.22. The largest absolute Gasteiger partial charge is 0.461 e. The summed E-state index contributed by atoms with van der Waals surface area (Å²) in [7, 11) is 0. The normalized spacial score (nSPS) is 13.4. The Kier molecular flexibility index (Phi) is 7.79. The molecule has 0 bridgehead atoms. The number of carbonyl (C=O) groups is 2. The first kappa shape index (κ1) is 27.3. The fourth-order valence-corrected chi connectivity index (χ4v) is 4.83. The number of benzene rings is 3. The Bertz CT molecular complexity index is 1540. The van der Waals surface area contributed by atoms with Gasteiger partial charge in [0.15, 0.2) is 5.69 Å². The number of carbonyl (C=O) groups excluding carboxylic acids is 2. The molecule has 0 unspecified atom stereocenters. The number of anilines is 1. The summed E-state index contributed by atoms with van der Waals surface area (Å²) in [5.74, 6) is -4.87. The first-order valence-corrected chi connectivity index (χ1v) is 13.0. The van der Waals surface area contributed by atoms with E-state index in [4.69, 9.17) is 16.3 Å². The van der Waals surface area contributed by atoms with Gasteiger partial charge in [-0.25, -0.2) is 22.6 Å². The SMILES string of the molecule is CCOC(=O)c1cc(-c2ccc(N3CCN(C(=O)c4c(F)cc(F)cc4F)CC3)cc2)n(-c2ccccc2Cl)n1. The van der Waals surface area contributed by atoms with Crippen molar-refractivity contribution in [2.45, 2.75) is 6.92 Å². The lowest BCUT2D eigenvalue weighted by atomic mass is 10.1. The summed E-state index contributed by atoms with van der Waals surface area (Å²) in [4.78, 5) is 28.5. The smallest absolute Gasteiger partial charge is 0.358 e. The Balaban J connectivity index is 1.34. The monoisotopic (exact) mass is 568 g/mol. The average molecular weight is 569 g/mol. The second kappa shape index (κ2) is 11.4. The minimum absolute atomic E-state index is 0.149. The third-order valence-electron chi connectivity index (χ3n) is 6.59. The first-order chi connectivity index (χ1) is 19.3. The highest BCUT2D eigenvalue weighted by Gasteiger charge is 2.27. The molecule has 0 atom stereocenters. The molecule has 0 saturated carbocycles. The fourth-order valence-electron chi connectivity index (χ4n) is 4.61. The van der Waals surface area contributed by atoms with Crippen molar-refractivity contribution in [3.63, 3.8) is 0 Å². The van der Waals surface area contributed by atoms with Gasteiger partial charge in [-0.1, -0.05) is 35.9 Å². The molecule has 7 nitrogen and oxygen atoms in total. The number of aromatic nitrogens is 2. The van der Waals surface area contributed by atoms with Crippen molar-refractivity contribution in [3.05, 3.63) is 100 Å². The molecule has 0 radical (unpaired) electrons. The van der Waals surface area contributed by atoms with E-state index in [2.05, 4.69) is 5.10 Å². The standard InChI is InChI=1S/C29H24ClF3N4O3/c1-2-40-29(39)24-17-26(37(34-24)25-6-4-3-5-21(25)30)18-7-9-20(10-8-18)35-11-13-36(14-12-35)28(38)27-22(32)15-19(31)16-23(27)33/h3-10,15-17H,2,11-14H2,1H3. The predicted octanol–water partition coefficient (Wildman–Crippen LogP) is 5.75. The number of nitrogens with zero attached hydrogens (tertiary/aromatic N) is 4. The number of esters is 1. The molecular weight excluding hydrogens is 545 g/mol. The van der Waals surface area contributed by atoms with Crippen molar-refractivity contribution in [2.24, 2.45) is 0 Å². The molecule has 2 heterocycles. The van der Waals surface area contributed by atoms with Crippen molar-refractivity contribution >= 4 is 29.2 Å². The van der Waals surface area contributed by atoms with E-state index in [-0.39, 0.29) is 25.4 Å². The molecule has 4 aromatic rings. The summed E-state index contributed by atoms with van der Waals surface area (Å²) in [6.45, 7) is 3.27. The van der Waals surface area contributed by atoms with Gasteiger partial charge in [0.25, 0.3) is 5.91 Å². The van der Waals surface area contributed by atoms with Crippen molar-refractivity contribution < 1.29 is 27.5 Å². The lowest BCUT2D eigenvalue weighted by Crippen LogP contribution is -2.49. The number of amides is 1. The molecule has 3 aromatic carbocycles. The molecule has 1 fully saturated rings. The van der Waals surface area contributed by atoms with Crippen molar-refractivity contribution in [1.82, 2.24) is 14.7 Å². The molecule has 5 rings (SSSR count). The zero-order chi connectivity index (χ0) is 28.4. The maximum absolute atomic E-state index is 14.1. The molecule has 1 saturated heterocycles. The molecular formula is C29H24ClF3N4O3. The van der Waals surface area contributed by atoms with E-state index in [0.29, 0.717) is 41.6 Å². The van der Waals surface area contributed by atoms with Crippen LogP contribution in [-0.2, 0) is 4.74 Å². The third-order valence-corrected chi connectivity index (χ3v) is 6.91. The molecule has 40 heavy (non-hydrogen) atoms. The van der Waals surface area contributed by atoms with Gasteiger partial charge in [0.1, 0.15) is 23.0 Å². The van der Waals surface area contributed by atoms with Crippen LogP contribution in [0.1, 0.15) is 27.8 Å². The number of piperazine rings is 1. The van der Waals surface area contributed by atoms with Gasteiger partial charge in [-0.3, -0.25) is 4.79 Å². The number of para-hydroxylation sites is 1. The van der Waals surface area contributed by atoms with E-state index in [0.717, 1.165) is 11.3 Å². The Morgan fingerprint density at radius 1 is 0.925 bits per heavy atom. The number of ether oxygens (including phenoxy) is 1. The van der Waals surface area contributed by atoms with Gasteiger partial charge in [0.2, 0.25) is 0 Å². The van der Waals surface area contributed by atoms with Crippen LogP contribution in [0, 0.1) is 17.5 Å². The van der Waals surface area contributed by atoms with Gasteiger partial charge in [0, 0.05) is 49.6 Å². The molecule has 206 valence electrons. The molecule has 1 amide bonds. The molecule has 1 aromatic heterocycles. The molecule has 1 aliphatic heterocycles. The van der Waals surface area contributed by atoms with Crippen molar-refractivity contribution in [1.29, 1.82) is 0 Å². The highest BCUT2D eigenvalue weighted by Crippen LogP contribution is 2.30. The summed E-state index contributed by atoms with van der Waals surface area (Å²) >= 11 is 6.42. The van der Waals surface area contributed by atoms with E-state index < -0.39 is 34.9 Å². The maximum Gasteiger partial charge on any atom is 0.358 e. The highest BCUT2D eigenvalue weighted by atomic mass is 35.5. The summed E-state index contributed by atoms with van der Waals surface area (Å²) < 4.78 is 48.2. The van der Waals surface area contributed by atoms with Crippen LogP contribution in [0.5, 0.6) is 0 Å². The van der Waals surface area contributed by atoms with Crippen molar-refractivity contribution in [2.75, 3.05) is 37.7 Å². The van der Waals surface area contributed by atoms with Crippen molar-refractivity contribution in [3.8, 4) is 16.9 Å². The highest BCUT2D eigenvalue weighted by molar-refractivity contribution is 6.32. The lowest BCUT2D eigenvalue weighted by molar-refractivity contribution is 0.0518. The minimum Gasteiger partial charge on any atom is -0.461 e. The first-order valence-electron chi connectivity index (χ1n) is 12.6. The van der Waals surface area contributed by atoms with Crippen LogP contribution in [-0.4, -0.2) is 59.3 Å². The van der Waals surface area contributed by atoms with Gasteiger partial charge >= 0.3 is 5.97 Å². The summed E-state index contributed by atoms with van der Waals surface area (Å²) in [6.07, 6.45) is 0. The van der Waals surface area contributed by atoms with Crippen LogP contribution < -0.4 is 4.90 Å². The quantitative estimate of drug-likeness (QED) is 0.277. The summed E-state index contributed by atoms with van der Waals surface area (Å²) in [6, 6.07) is 17.4. The van der Waals surface area contributed by atoms with E-state index >= 15 is 0 Å². The number of rotatable bonds is 6. The Labute approximate surface area is 233 Å². The van der Waals surface area contributed by atoms with Gasteiger partial charge in [-0.05, 0) is 37.3 Å². The molecule has 0 aliphatic carbocycles. The predicted molar refractivity (Wildman–Crippen MR) is 144 cm³/mol. The van der Waals surface area contributed by atoms with Crippen LogP contribution in [0.15, 0.2) is 66.7 Å². The number of halogens is 4. The van der Waals surface area contributed by atoms with E-state index in [1.807, 2.05) is 35.2 Å². The molecule has 11 heteroatoms. The maximum atomic E-state index is 14.1. The second-order valence-corrected chi connectivity index (χ2v) is 9.48. The zero-order valence-electron chi connectivity index (χ0n) is 21.4. The van der Waals surface area contributed by atoms with Crippen LogP contribution in [0.2, 0.25) is 5.02 Å². The van der Waals surface area contributed by atoms with Crippen LogP contribution >= 0.6 is 11.6 Å². The summed E-state index contributed by atoms with van der Waals surface area (Å²) in [5.41, 5.74) is 2.30. The van der Waals surface area contributed by atoms with E-state index in [1.165, 1.54) is 4.90 Å². The van der Waals surface area contributed by atoms with Gasteiger partial charge in [-0.15, -0.1) is 0 Å². The topological polar surface area (TPSA) is 67.7 Å². The van der Waals surface area contributed by atoms with Crippen LogP contribution in [0.4, 0.5) is 18.9 Å². The zero-order valence-corrected chi connectivity index (χ0v) is 22.2. The third kappa shape index (κ3) is 5.40. The van der Waals surface area contributed by atoms with Crippen LogP contribution in [0.3, 0.4) is 0 Å². The molecule has 0 N–H and O–H groups in total. The second-order valence-electron chi connectivity index (χ2n) is 9.07. The van der Waals surface area contributed by atoms with Gasteiger partial charge in [0.05, 0.1) is 23.0 Å². The number of hydrogen-bond acceptors (Lipinski definition) is 5. The Hall–Kier alpha value is -4.31. The van der Waals surface area contributed by atoms with E-state index in [9.17, 15) is 22.8 Å². The van der Waals surface area contributed by atoms with Crippen LogP contribution in [0.25, 0.3) is 16.9 Å².